The highest BCUT2D eigenvalue weighted by Crippen LogP contribution is 2.23. The first-order valence-electron chi connectivity index (χ1n) is 11.8. The van der Waals surface area contributed by atoms with Crippen LogP contribution in [0.1, 0.15) is 61.8 Å². The Morgan fingerprint density at radius 2 is 1.12 bits per heavy atom. The molecule has 0 amide bonds. The number of ether oxygens (including phenoxy) is 4. The van der Waals surface area contributed by atoms with Gasteiger partial charge >= 0.3 is 6.16 Å². The van der Waals surface area contributed by atoms with Gasteiger partial charge in [-0.2, -0.15) is 0 Å². The summed E-state index contributed by atoms with van der Waals surface area (Å²) in [5.74, 6) is 1.01. The second-order valence-corrected chi connectivity index (χ2v) is 8.09. The molecule has 0 atom stereocenters. The maximum Gasteiger partial charge on any atom is 0.519 e. The van der Waals surface area contributed by atoms with Gasteiger partial charge in [-0.1, -0.05) is 51.0 Å². The molecular formula is C27H38O5. The highest BCUT2D eigenvalue weighted by Gasteiger charge is 2.12. The first-order valence-corrected chi connectivity index (χ1v) is 11.8. The smallest absolute Gasteiger partial charge is 0.394 e. The van der Waals surface area contributed by atoms with Crippen LogP contribution < -0.4 is 9.47 Å². The highest BCUT2D eigenvalue weighted by molar-refractivity contribution is 5.68. The Hall–Kier alpha value is -2.37. The quantitative estimate of drug-likeness (QED) is 0.187. The van der Waals surface area contributed by atoms with Crippen LogP contribution in [-0.2, 0) is 22.3 Å². The van der Waals surface area contributed by atoms with Gasteiger partial charge < -0.3 is 18.9 Å². The number of benzene rings is 2. The molecule has 0 fully saturated rings. The highest BCUT2D eigenvalue weighted by atomic mass is 16.7. The lowest BCUT2D eigenvalue weighted by atomic mass is 10.1. The summed E-state index contributed by atoms with van der Waals surface area (Å²) in [6, 6.07) is 11.6. The van der Waals surface area contributed by atoms with Crippen molar-refractivity contribution in [2.45, 2.75) is 66.2 Å². The lowest BCUT2D eigenvalue weighted by Crippen LogP contribution is -2.15. The topological polar surface area (TPSA) is 54.0 Å². The number of aryl methyl sites for hydroxylation is 2. The van der Waals surface area contributed by atoms with E-state index in [1.54, 1.807) is 0 Å². The Balaban J connectivity index is 1.82. The van der Waals surface area contributed by atoms with Crippen LogP contribution in [-0.4, -0.2) is 32.6 Å². The maximum absolute atomic E-state index is 12.3. The standard InChI is InChI=1S/C27H38O5/c1-5-7-15-29-17-13-23-9-11-25(21(3)19-23)31-27(28)32-26-12-10-24(20-22(26)4)14-18-30-16-8-6-2/h9-12,19-20H,5-8,13-18H2,1-4H3. The summed E-state index contributed by atoms with van der Waals surface area (Å²) >= 11 is 0. The minimum Gasteiger partial charge on any atom is -0.394 e. The van der Waals surface area contributed by atoms with Gasteiger partial charge in [0.15, 0.2) is 0 Å². The molecule has 5 heteroatoms. The summed E-state index contributed by atoms with van der Waals surface area (Å²) in [6.45, 7) is 11.1. The van der Waals surface area contributed by atoms with Crippen molar-refractivity contribution in [1.82, 2.24) is 0 Å². The fraction of sp³-hybridized carbons (Fsp3) is 0.519. The fourth-order valence-corrected chi connectivity index (χ4v) is 3.24. The van der Waals surface area contributed by atoms with Crippen LogP contribution in [0.5, 0.6) is 11.5 Å². The van der Waals surface area contributed by atoms with E-state index in [1.807, 2.05) is 50.2 Å². The summed E-state index contributed by atoms with van der Waals surface area (Å²) in [6.07, 6.45) is 5.39. The van der Waals surface area contributed by atoms with Crippen LogP contribution in [0, 0.1) is 13.8 Å². The lowest BCUT2D eigenvalue weighted by molar-refractivity contribution is 0.134. The predicted molar refractivity (Wildman–Crippen MR) is 128 cm³/mol. The van der Waals surface area contributed by atoms with Crippen molar-refractivity contribution in [3.63, 3.8) is 0 Å². The van der Waals surface area contributed by atoms with Crippen molar-refractivity contribution in [3.8, 4) is 11.5 Å². The number of carbonyl (C=O) groups is 1. The molecule has 0 unspecified atom stereocenters. The van der Waals surface area contributed by atoms with Crippen LogP contribution in [0.15, 0.2) is 36.4 Å². The zero-order chi connectivity index (χ0) is 23.2. The van der Waals surface area contributed by atoms with Gasteiger partial charge in [-0.3, -0.25) is 0 Å². The number of unbranched alkanes of at least 4 members (excludes halogenated alkanes) is 2. The summed E-state index contributed by atoms with van der Waals surface area (Å²) in [4.78, 5) is 12.3. The van der Waals surface area contributed by atoms with Gasteiger partial charge in [-0.05, 0) is 73.9 Å². The summed E-state index contributed by atoms with van der Waals surface area (Å²) in [7, 11) is 0. The first-order chi connectivity index (χ1) is 15.5. The molecule has 5 nitrogen and oxygen atoms in total. The van der Waals surface area contributed by atoms with Crippen LogP contribution in [0.25, 0.3) is 0 Å². The van der Waals surface area contributed by atoms with Gasteiger partial charge in [-0.15, -0.1) is 0 Å². The van der Waals surface area contributed by atoms with Gasteiger partial charge in [0, 0.05) is 13.2 Å². The molecule has 0 aliphatic rings. The first kappa shape index (κ1) is 25.9. The van der Waals surface area contributed by atoms with Crippen molar-refractivity contribution in [2.75, 3.05) is 26.4 Å². The second-order valence-electron chi connectivity index (χ2n) is 8.09. The van der Waals surface area contributed by atoms with Crippen LogP contribution in [0.3, 0.4) is 0 Å². The Kier molecular flexibility index (Phi) is 11.8. The third kappa shape index (κ3) is 9.41. The second kappa shape index (κ2) is 14.6. The zero-order valence-corrected chi connectivity index (χ0v) is 20.1. The molecule has 0 radical (unpaired) electrons. The SMILES string of the molecule is CCCCOCCc1ccc(OC(=O)Oc2ccc(CCOCCCC)cc2C)c(C)c1. The van der Waals surface area contributed by atoms with Crippen LogP contribution in [0.2, 0.25) is 0 Å². The average molecular weight is 443 g/mol. The molecule has 0 aliphatic carbocycles. The molecule has 0 spiro atoms. The number of rotatable bonds is 14. The van der Waals surface area contributed by atoms with E-state index < -0.39 is 6.16 Å². The van der Waals surface area contributed by atoms with Crippen molar-refractivity contribution >= 4 is 6.16 Å². The largest absolute Gasteiger partial charge is 0.519 e. The normalized spacial score (nSPS) is 10.9. The van der Waals surface area contributed by atoms with Crippen LogP contribution in [0.4, 0.5) is 4.79 Å². The average Bonchev–Trinajstić information content (AvgIpc) is 2.77. The third-order valence-electron chi connectivity index (χ3n) is 5.22. The van der Waals surface area contributed by atoms with Gasteiger partial charge in [0.2, 0.25) is 0 Å². The molecular weight excluding hydrogens is 404 g/mol. The van der Waals surface area contributed by atoms with Gasteiger partial charge in [0.25, 0.3) is 0 Å². The van der Waals surface area contributed by atoms with Crippen molar-refractivity contribution in [2.24, 2.45) is 0 Å². The molecule has 2 rings (SSSR count). The van der Waals surface area contributed by atoms with Crippen LogP contribution >= 0.6 is 0 Å². The molecule has 176 valence electrons. The Labute approximate surface area is 193 Å². The monoisotopic (exact) mass is 442 g/mol. The van der Waals surface area contributed by atoms with E-state index in [0.717, 1.165) is 74.0 Å². The molecule has 0 aliphatic heterocycles. The molecule has 2 aromatic carbocycles. The van der Waals surface area contributed by atoms with E-state index in [2.05, 4.69) is 13.8 Å². The predicted octanol–water partition coefficient (Wildman–Crippen LogP) is 6.60. The van der Waals surface area contributed by atoms with E-state index in [9.17, 15) is 4.79 Å². The van der Waals surface area contributed by atoms with Crippen molar-refractivity contribution in [1.29, 1.82) is 0 Å². The zero-order valence-electron chi connectivity index (χ0n) is 20.1. The number of hydrogen-bond donors (Lipinski definition) is 0. The minimum absolute atomic E-state index is 0.504. The molecule has 0 bridgehead atoms. The fourth-order valence-electron chi connectivity index (χ4n) is 3.24. The molecule has 32 heavy (non-hydrogen) atoms. The lowest BCUT2D eigenvalue weighted by Gasteiger charge is -2.12. The van der Waals surface area contributed by atoms with Gasteiger partial charge in [0.1, 0.15) is 11.5 Å². The summed E-state index contributed by atoms with van der Waals surface area (Å²) in [5, 5.41) is 0. The Bertz CT molecular complexity index is 763. The van der Waals surface area contributed by atoms with Crippen molar-refractivity contribution in [3.05, 3.63) is 58.7 Å². The Morgan fingerprint density at radius 3 is 1.50 bits per heavy atom. The summed E-state index contributed by atoms with van der Waals surface area (Å²) < 4.78 is 22.1. The van der Waals surface area contributed by atoms with Gasteiger partial charge in [-0.25, -0.2) is 4.79 Å². The van der Waals surface area contributed by atoms with E-state index in [4.69, 9.17) is 18.9 Å². The van der Waals surface area contributed by atoms with Crippen molar-refractivity contribution < 1.29 is 23.7 Å². The van der Waals surface area contributed by atoms with E-state index >= 15 is 0 Å². The number of hydrogen-bond acceptors (Lipinski definition) is 5. The third-order valence-corrected chi connectivity index (χ3v) is 5.22. The molecule has 2 aromatic rings. The van der Waals surface area contributed by atoms with Gasteiger partial charge in [0.05, 0.1) is 13.2 Å². The minimum atomic E-state index is -0.734. The Morgan fingerprint density at radius 1 is 0.688 bits per heavy atom. The van der Waals surface area contributed by atoms with E-state index in [0.29, 0.717) is 24.7 Å². The maximum atomic E-state index is 12.3. The molecule has 0 saturated heterocycles. The summed E-state index contributed by atoms with van der Waals surface area (Å²) in [5.41, 5.74) is 4.10. The molecule has 0 saturated carbocycles. The molecule has 0 N–H and O–H groups in total. The number of carbonyl (C=O) groups excluding carboxylic acids is 1. The van der Waals surface area contributed by atoms with E-state index in [-0.39, 0.29) is 0 Å². The van der Waals surface area contributed by atoms with E-state index in [1.165, 1.54) is 0 Å². The molecule has 0 aromatic heterocycles. The molecule has 0 heterocycles.